The van der Waals surface area contributed by atoms with Crippen LogP contribution < -0.4 is 5.32 Å². The van der Waals surface area contributed by atoms with E-state index < -0.39 is 4.92 Å². The van der Waals surface area contributed by atoms with Gasteiger partial charge in [0.1, 0.15) is 6.20 Å². The molecule has 0 bridgehead atoms. The Labute approximate surface area is 123 Å². The third kappa shape index (κ3) is 2.63. The number of fused-ring (bicyclic) bond motifs is 1. The van der Waals surface area contributed by atoms with Crippen molar-refractivity contribution >= 4 is 34.4 Å². The van der Waals surface area contributed by atoms with E-state index in [9.17, 15) is 10.1 Å². The molecule has 21 heavy (non-hydrogen) atoms. The third-order valence-corrected chi connectivity index (χ3v) is 3.60. The number of anilines is 1. The Balaban J connectivity index is 2.01. The molecule has 0 saturated carbocycles. The molecule has 0 amide bonds. The Bertz CT molecular complexity index is 785. The van der Waals surface area contributed by atoms with Crippen molar-refractivity contribution in [2.24, 2.45) is 0 Å². The first-order valence-electron chi connectivity index (χ1n) is 5.99. The fourth-order valence-electron chi connectivity index (χ4n) is 1.75. The van der Waals surface area contributed by atoms with Crippen molar-refractivity contribution in [3.05, 3.63) is 40.6 Å². The molecule has 2 aromatic heterocycles. The summed E-state index contributed by atoms with van der Waals surface area (Å²) in [6.45, 7) is 0. The first-order valence-corrected chi connectivity index (χ1v) is 6.81. The number of hydrogen-bond donors (Lipinski definition) is 2. The van der Waals surface area contributed by atoms with E-state index >= 15 is 0 Å². The first kappa shape index (κ1) is 13.3. The zero-order valence-electron chi connectivity index (χ0n) is 10.9. The minimum atomic E-state index is -0.509. The summed E-state index contributed by atoms with van der Waals surface area (Å²) in [7, 11) is 1.65. The van der Waals surface area contributed by atoms with E-state index in [4.69, 9.17) is 0 Å². The Morgan fingerprint density at radius 2 is 2.14 bits per heavy atom. The maximum atomic E-state index is 11.0. The molecule has 0 saturated heterocycles. The van der Waals surface area contributed by atoms with Crippen molar-refractivity contribution in [1.29, 1.82) is 0 Å². The minimum Gasteiger partial charge on any atom is -0.357 e. The molecule has 9 heteroatoms. The first-order chi connectivity index (χ1) is 10.2. The number of para-hydroxylation sites is 2. The van der Waals surface area contributed by atoms with Gasteiger partial charge in [-0.25, -0.2) is 9.97 Å². The number of benzene rings is 1. The number of hydrogen-bond acceptors (Lipinski definition) is 7. The van der Waals surface area contributed by atoms with Crippen LogP contribution >= 0.6 is 11.8 Å². The lowest BCUT2D eigenvalue weighted by Crippen LogP contribution is -2.01. The molecule has 0 unspecified atom stereocenters. The average molecular weight is 302 g/mol. The lowest BCUT2D eigenvalue weighted by atomic mass is 10.3. The molecule has 0 aliphatic heterocycles. The fraction of sp³-hybridized carbons (Fsp3) is 0.0833. The summed E-state index contributed by atoms with van der Waals surface area (Å²) in [5.41, 5.74) is 1.51. The summed E-state index contributed by atoms with van der Waals surface area (Å²) in [4.78, 5) is 26.0. The van der Waals surface area contributed by atoms with Gasteiger partial charge in [-0.3, -0.25) is 10.1 Å². The number of nitro groups is 1. The van der Waals surface area contributed by atoms with Crippen molar-refractivity contribution in [1.82, 2.24) is 19.9 Å². The van der Waals surface area contributed by atoms with Gasteiger partial charge >= 0.3 is 5.69 Å². The normalized spacial score (nSPS) is 10.7. The van der Waals surface area contributed by atoms with Gasteiger partial charge in [-0.05, 0) is 23.9 Å². The number of rotatable bonds is 4. The van der Waals surface area contributed by atoms with E-state index in [-0.39, 0.29) is 10.7 Å². The second-order valence-electron chi connectivity index (χ2n) is 4.05. The van der Waals surface area contributed by atoms with E-state index in [0.717, 1.165) is 22.8 Å². The highest BCUT2D eigenvalue weighted by atomic mass is 32.2. The maximum absolute atomic E-state index is 11.0. The molecule has 0 spiro atoms. The molecule has 106 valence electrons. The van der Waals surface area contributed by atoms with Crippen molar-refractivity contribution in [2.45, 2.75) is 10.2 Å². The van der Waals surface area contributed by atoms with E-state index in [2.05, 4.69) is 25.3 Å². The van der Waals surface area contributed by atoms with E-state index in [0.29, 0.717) is 11.1 Å². The van der Waals surface area contributed by atoms with Gasteiger partial charge in [0.25, 0.3) is 0 Å². The zero-order valence-corrected chi connectivity index (χ0v) is 11.7. The van der Waals surface area contributed by atoms with E-state index in [1.165, 1.54) is 6.20 Å². The Hall–Kier alpha value is -2.68. The van der Waals surface area contributed by atoms with E-state index in [1.54, 1.807) is 7.05 Å². The number of nitrogens with one attached hydrogen (secondary N) is 2. The highest BCUT2D eigenvalue weighted by Gasteiger charge is 2.19. The van der Waals surface area contributed by atoms with Gasteiger partial charge in [0.05, 0.1) is 16.0 Å². The summed E-state index contributed by atoms with van der Waals surface area (Å²) in [5.74, 6) is 0.319. The van der Waals surface area contributed by atoms with Crippen LogP contribution in [0.2, 0.25) is 0 Å². The van der Waals surface area contributed by atoms with Crippen LogP contribution in [0, 0.1) is 10.1 Å². The van der Waals surface area contributed by atoms with Crippen molar-refractivity contribution < 1.29 is 4.92 Å². The highest BCUT2D eigenvalue weighted by molar-refractivity contribution is 7.99. The molecular formula is C12H10N6O2S. The van der Waals surface area contributed by atoms with Crippen molar-refractivity contribution in [3.8, 4) is 0 Å². The van der Waals surface area contributed by atoms with Gasteiger partial charge in [-0.2, -0.15) is 4.98 Å². The predicted molar refractivity (Wildman–Crippen MR) is 78.4 cm³/mol. The summed E-state index contributed by atoms with van der Waals surface area (Å²) < 4.78 is 0. The Kier molecular flexibility index (Phi) is 3.40. The Morgan fingerprint density at radius 3 is 2.86 bits per heavy atom. The number of H-pyrrole nitrogens is 1. The summed E-state index contributed by atoms with van der Waals surface area (Å²) in [6, 6.07) is 7.52. The van der Waals surface area contributed by atoms with Gasteiger partial charge in [-0.15, -0.1) is 0 Å². The van der Waals surface area contributed by atoms with Crippen molar-refractivity contribution in [2.75, 3.05) is 12.4 Å². The maximum Gasteiger partial charge on any atom is 0.320 e. The van der Waals surface area contributed by atoms with Crippen LogP contribution in [0.3, 0.4) is 0 Å². The predicted octanol–water partition coefficient (Wildman–Crippen LogP) is 2.45. The number of nitrogens with zero attached hydrogens (tertiary/aromatic N) is 4. The van der Waals surface area contributed by atoms with Gasteiger partial charge in [0, 0.05) is 7.05 Å². The lowest BCUT2D eigenvalue weighted by molar-refractivity contribution is -0.388. The molecule has 0 radical (unpaired) electrons. The molecule has 1 aromatic carbocycles. The fourth-order valence-corrected chi connectivity index (χ4v) is 2.60. The molecular weight excluding hydrogens is 292 g/mol. The zero-order chi connectivity index (χ0) is 14.8. The summed E-state index contributed by atoms with van der Waals surface area (Å²) in [6.07, 6.45) is 1.18. The van der Waals surface area contributed by atoms with Crippen LogP contribution in [0.5, 0.6) is 0 Å². The highest BCUT2D eigenvalue weighted by Crippen LogP contribution is 2.32. The van der Waals surface area contributed by atoms with Gasteiger partial charge in [0.15, 0.2) is 10.2 Å². The van der Waals surface area contributed by atoms with E-state index in [1.807, 2.05) is 24.3 Å². The second-order valence-corrected chi connectivity index (χ2v) is 5.03. The molecule has 3 rings (SSSR count). The van der Waals surface area contributed by atoms with Crippen LogP contribution in [0.4, 0.5) is 11.6 Å². The van der Waals surface area contributed by atoms with Crippen LogP contribution in [-0.4, -0.2) is 31.9 Å². The SMILES string of the molecule is CNc1ncc([N+](=O)[O-])c(Sc2nc3ccccc3[nH]2)n1. The third-order valence-electron chi connectivity index (χ3n) is 2.72. The number of aromatic nitrogens is 4. The number of imidazole rings is 1. The Morgan fingerprint density at radius 1 is 1.33 bits per heavy atom. The van der Waals surface area contributed by atoms with Crippen LogP contribution in [-0.2, 0) is 0 Å². The van der Waals surface area contributed by atoms with Crippen LogP contribution in [0.15, 0.2) is 40.6 Å². The van der Waals surface area contributed by atoms with Gasteiger partial charge in [0.2, 0.25) is 5.95 Å². The monoisotopic (exact) mass is 302 g/mol. The summed E-state index contributed by atoms with van der Waals surface area (Å²) >= 11 is 1.10. The van der Waals surface area contributed by atoms with Crippen LogP contribution in [0.25, 0.3) is 11.0 Å². The molecule has 2 heterocycles. The molecule has 2 N–H and O–H groups in total. The van der Waals surface area contributed by atoms with Crippen molar-refractivity contribution in [3.63, 3.8) is 0 Å². The molecule has 0 atom stereocenters. The summed E-state index contributed by atoms with van der Waals surface area (Å²) in [5, 5.41) is 14.6. The van der Waals surface area contributed by atoms with Gasteiger partial charge < -0.3 is 10.3 Å². The topological polar surface area (TPSA) is 110 Å². The van der Waals surface area contributed by atoms with Gasteiger partial charge in [-0.1, -0.05) is 12.1 Å². The standard InChI is InChI=1S/C12H10N6O2S/c1-13-11-14-6-9(18(19)20)10(17-11)21-12-15-7-4-2-3-5-8(7)16-12/h2-6H,1H3,(H,15,16)(H,13,14,17). The molecule has 8 nitrogen and oxygen atoms in total. The smallest absolute Gasteiger partial charge is 0.320 e. The van der Waals surface area contributed by atoms with Crippen LogP contribution in [0.1, 0.15) is 0 Å². The molecule has 0 fully saturated rings. The molecule has 3 aromatic rings. The second kappa shape index (κ2) is 5.37. The largest absolute Gasteiger partial charge is 0.357 e. The molecule has 0 aliphatic rings. The number of aromatic amines is 1. The quantitative estimate of drug-likeness (QED) is 0.432. The average Bonchev–Trinajstić information content (AvgIpc) is 2.89. The molecule has 0 aliphatic carbocycles. The lowest BCUT2D eigenvalue weighted by Gasteiger charge is -2.02. The minimum absolute atomic E-state index is 0.153.